The molecular formula is C23H20N4O2. The maximum atomic E-state index is 12.8. The van der Waals surface area contributed by atoms with Crippen molar-refractivity contribution in [3.63, 3.8) is 0 Å². The molecule has 0 radical (unpaired) electrons. The quantitative estimate of drug-likeness (QED) is 0.573. The van der Waals surface area contributed by atoms with Gasteiger partial charge in [0.25, 0.3) is 5.56 Å². The van der Waals surface area contributed by atoms with E-state index in [2.05, 4.69) is 39.6 Å². The molecule has 0 bridgehead atoms. The first-order valence-electron chi connectivity index (χ1n) is 9.64. The van der Waals surface area contributed by atoms with E-state index in [-0.39, 0.29) is 18.2 Å². The fourth-order valence-electron chi connectivity index (χ4n) is 3.88. The first-order valence-corrected chi connectivity index (χ1v) is 9.64. The van der Waals surface area contributed by atoms with Crippen molar-refractivity contribution in [3.05, 3.63) is 100 Å². The highest BCUT2D eigenvalue weighted by Crippen LogP contribution is 2.26. The molecule has 0 spiro atoms. The molecule has 1 aliphatic carbocycles. The van der Waals surface area contributed by atoms with Gasteiger partial charge in [-0.25, -0.2) is 9.97 Å². The molecule has 0 aliphatic heterocycles. The molecule has 5 rings (SSSR count). The van der Waals surface area contributed by atoms with E-state index >= 15 is 0 Å². The molecular weight excluding hydrogens is 364 g/mol. The molecule has 29 heavy (non-hydrogen) atoms. The number of rotatable bonds is 5. The van der Waals surface area contributed by atoms with Crippen LogP contribution >= 0.6 is 0 Å². The van der Waals surface area contributed by atoms with E-state index in [0.29, 0.717) is 5.65 Å². The Morgan fingerprint density at radius 2 is 1.76 bits per heavy atom. The third-order valence-corrected chi connectivity index (χ3v) is 5.26. The Balaban J connectivity index is 1.45. The molecule has 2 aromatic carbocycles. The smallest absolute Gasteiger partial charge is 0.287 e. The van der Waals surface area contributed by atoms with Crippen LogP contribution in [-0.2, 0) is 19.4 Å². The summed E-state index contributed by atoms with van der Waals surface area (Å²) in [6.45, 7) is 0.282. The van der Waals surface area contributed by atoms with Crippen LogP contribution in [0.5, 0.6) is 0 Å². The summed E-state index contributed by atoms with van der Waals surface area (Å²) in [5.74, 6) is 0. The maximum Gasteiger partial charge on any atom is 0.287 e. The lowest BCUT2D eigenvalue weighted by atomic mass is 10.1. The average molecular weight is 384 g/mol. The van der Waals surface area contributed by atoms with E-state index in [9.17, 15) is 4.79 Å². The lowest BCUT2D eigenvalue weighted by Gasteiger charge is -2.17. The van der Waals surface area contributed by atoms with E-state index in [1.54, 1.807) is 12.3 Å². The van der Waals surface area contributed by atoms with Gasteiger partial charge >= 0.3 is 0 Å². The minimum atomic E-state index is -0.259. The summed E-state index contributed by atoms with van der Waals surface area (Å²) in [6.07, 6.45) is 5.01. The molecule has 0 saturated heterocycles. The van der Waals surface area contributed by atoms with Gasteiger partial charge in [-0.2, -0.15) is 0 Å². The van der Waals surface area contributed by atoms with Gasteiger partial charge in [-0.05, 0) is 29.5 Å². The minimum absolute atomic E-state index is 0.233. The summed E-state index contributed by atoms with van der Waals surface area (Å²) in [7, 11) is 0. The van der Waals surface area contributed by atoms with Crippen molar-refractivity contribution in [3.8, 4) is 0 Å². The van der Waals surface area contributed by atoms with E-state index in [4.69, 9.17) is 4.84 Å². The first-order chi connectivity index (χ1) is 14.3. The number of benzene rings is 2. The third kappa shape index (κ3) is 3.45. The third-order valence-electron chi connectivity index (χ3n) is 5.26. The normalized spacial score (nSPS) is 13.4. The van der Waals surface area contributed by atoms with Crippen molar-refractivity contribution >= 4 is 16.7 Å². The van der Waals surface area contributed by atoms with E-state index < -0.39 is 0 Å². The van der Waals surface area contributed by atoms with E-state index in [0.717, 1.165) is 29.5 Å². The molecule has 1 N–H and O–H groups in total. The zero-order valence-electron chi connectivity index (χ0n) is 15.8. The van der Waals surface area contributed by atoms with Crippen LogP contribution in [0.2, 0.25) is 0 Å². The minimum Gasteiger partial charge on any atom is -0.404 e. The SMILES string of the molecule is O=c1cc(NC2Cc3ccccc3C2)c2cncnc2n1OCc1ccccc1. The summed E-state index contributed by atoms with van der Waals surface area (Å²) < 4.78 is 1.25. The monoisotopic (exact) mass is 384 g/mol. The molecule has 1 aliphatic rings. The number of anilines is 1. The lowest BCUT2D eigenvalue weighted by Crippen LogP contribution is -2.29. The molecule has 2 heterocycles. The molecule has 6 nitrogen and oxygen atoms in total. The Kier molecular flexibility index (Phi) is 4.44. The van der Waals surface area contributed by atoms with Gasteiger partial charge in [0.05, 0.1) is 11.1 Å². The fourth-order valence-corrected chi connectivity index (χ4v) is 3.88. The zero-order valence-corrected chi connectivity index (χ0v) is 15.8. The van der Waals surface area contributed by atoms with Gasteiger partial charge in [-0.15, -0.1) is 4.73 Å². The summed E-state index contributed by atoms with van der Waals surface area (Å²) in [4.78, 5) is 27.1. The number of aromatic nitrogens is 3. The summed E-state index contributed by atoms with van der Waals surface area (Å²) >= 11 is 0. The lowest BCUT2D eigenvalue weighted by molar-refractivity contribution is 0.0980. The van der Waals surface area contributed by atoms with Gasteiger partial charge in [0.15, 0.2) is 5.65 Å². The van der Waals surface area contributed by atoms with Crippen molar-refractivity contribution in [2.75, 3.05) is 5.32 Å². The maximum absolute atomic E-state index is 12.8. The average Bonchev–Trinajstić information content (AvgIpc) is 3.16. The molecule has 2 aromatic heterocycles. The first kappa shape index (κ1) is 17.4. The highest BCUT2D eigenvalue weighted by Gasteiger charge is 2.22. The number of hydrogen-bond donors (Lipinski definition) is 1. The Morgan fingerprint density at radius 1 is 1.03 bits per heavy atom. The number of nitrogens with one attached hydrogen (secondary N) is 1. The van der Waals surface area contributed by atoms with Crippen molar-refractivity contribution < 1.29 is 4.84 Å². The molecule has 0 unspecified atom stereocenters. The second-order valence-electron chi connectivity index (χ2n) is 7.23. The second-order valence-corrected chi connectivity index (χ2v) is 7.23. The molecule has 6 heteroatoms. The second kappa shape index (κ2) is 7.39. The van der Waals surface area contributed by atoms with Crippen LogP contribution in [0.1, 0.15) is 16.7 Å². The van der Waals surface area contributed by atoms with Crippen molar-refractivity contribution in [2.45, 2.75) is 25.5 Å². The van der Waals surface area contributed by atoms with Crippen LogP contribution in [0.4, 0.5) is 5.69 Å². The predicted octanol–water partition coefficient (Wildman–Crippen LogP) is 3.00. The molecule has 4 aromatic rings. The number of fused-ring (bicyclic) bond motifs is 2. The van der Waals surface area contributed by atoms with Crippen molar-refractivity contribution in [1.82, 2.24) is 14.7 Å². The summed E-state index contributed by atoms with van der Waals surface area (Å²) in [6, 6.07) is 20.0. The van der Waals surface area contributed by atoms with Crippen molar-refractivity contribution in [1.29, 1.82) is 0 Å². The summed E-state index contributed by atoms with van der Waals surface area (Å²) in [5.41, 5.74) is 4.62. The molecule has 144 valence electrons. The largest absolute Gasteiger partial charge is 0.404 e. The predicted molar refractivity (Wildman–Crippen MR) is 112 cm³/mol. The molecule has 0 fully saturated rings. The Bertz CT molecular complexity index is 1200. The van der Waals surface area contributed by atoms with Crippen LogP contribution in [0, 0.1) is 0 Å². The van der Waals surface area contributed by atoms with Gasteiger partial charge < -0.3 is 10.2 Å². The standard InChI is InChI=1S/C23H20N4O2/c28-22-12-21(26-19-10-17-8-4-5-9-18(17)11-19)20-13-24-15-25-23(20)27(22)29-14-16-6-2-1-3-7-16/h1-9,12-13,15,19,26H,10-11,14H2. The fraction of sp³-hybridized carbons (Fsp3) is 0.174. The van der Waals surface area contributed by atoms with Crippen LogP contribution in [-0.4, -0.2) is 20.7 Å². The van der Waals surface area contributed by atoms with E-state index in [1.165, 1.54) is 22.2 Å². The number of pyridine rings is 1. The number of hydrogen-bond acceptors (Lipinski definition) is 5. The highest BCUT2D eigenvalue weighted by atomic mass is 16.7. The van der Waals surface area contributed by atoms with Gasteiger partial charge in [0, 0.05) is 18.3 Å². The van der Waals surface area contributed by atoms with Crippen LogP contribution in [0.25, 0.3) is 11.0 Å². The zero-order chi connectivity index (χ0) is 19.6. The van der Waals surface area contributed by atoms with Gasteiger partial charge in [-0.3, -0.25) is 4.79 Å². The van der Waals surface area contributed by atoms with Gasteiger partial charge in [0.1, 0.15) is 12.9 Å². The summed E-state index contributed by atoms with van der Waals surface area (Å²) in [5, 5.41) is 4.28. The molecule has 0 saturated carbocycles. The van der Waals surface area contributed by atoms with Gasteiger partial charge in [0.2, 0.25) is 0 Å². The van der Waals surface area contributed by atoms with E-state index in [1.807, 2.05) is 30.3 Å². The Hall–Kier alpha value is -3.67. The van der Waals surface area contributed by atoms with Gasteiger partial charge in [-0.1, -0.05) is 54.6 Å². The molecule has 0 atom stereocenters. The van der Waals surface area contributed by atoms with Crippen LogP contribution in [0.3, 0.4) is 0 Å². The van der Waals surface area contributed by atoms with Crippen LogP contribution in [0.15, 0.2) is 78.0 Å². The Morgan fingerprint density at radius 3 is 2.52 bits per heavy atom. The highest BCUT2D eigenvalue weighted by molar-refractivity contribution is 5.88. The van der Waals surface area contributed by atoms with Crippen LogP contribution < -0.4 is 15.7 Å². The Labute approximate surface area is 167 Å². The van der Waals surface area contributed by atoms with Crippen molar-refractivity contribution in [2.24, 2.45) is 0 Å². The molecule has 0 amide bonds. The topological polar surface area (TPSA) is 69.0 Å². The number of nitrogens with zero attached hydrogens (tertiary/aromatic N) is 3.